The molecule has 0 aromatic carbocycles. The number of allylic oxidation sites excluding steroid dienone is 1. The molecule has 1 rings (SSSR count). The Kier molecular flexibility index (Phi) is 4.74. The highest BCUT2D eigenvalue weighted by atomic mass is 32.2. The second kappa shape index (κ2) is 5.86. The molecule has 0 aliphatic carbocycles. The zero-order valence-corrected chi connectivity index (χ0v) is 10.8. The highest BCUT2D eigenvalue weighted by molar-refractivity contribution is 8.06. The van der Waals surface area contributed by atoms with Gasteiger partial charge in [-0.05, 0) is 20.8 Å². The van der Waals surface area contributed by atoms with E-state index in [0.29, 0.717) is 0 Å². The number of esters is 2. The van der Waals surface area contributed by atoms with E-state index in [1.54, 1.807) is 13.8 Å². The number of ketones is 1. The standard InChI is InChI=1S/C11H14O5S/c1-4-15-10(13)8-6(3)7(12)9(17-8)11(14)16-5-2/h9H,4-5H2,1-3H3. The minimum absolute atomic E-state index is 0.204. The molecule has 0 radical (unpaired) electrons. The van der Waals surface area contributed by atoms with Crippen molar-refractivity contribution in [3.05, 3.63) is 10.5 Å². The molecule has 1 atom stereocenters. The van der Waals surface area contributed by atoms with Crippen molar-refractivity contribution in [1.82, 2.24) is 0 Å². The molecule has 0 saturated heterocycles. The lowest BCUT2D eigenvalue weighted by molar-refractivity contribution is -0.144. The number of hydrogen-bond donors (Lipinski definition) is 0. The number of carbonyl (C=O) groups is 3. The Morgan fingerprint density at radius 3 is 2.35 bits per heavy atom. The maximum absolute atomic E-state index is 11.8. The van der Waals surface area contributed by atoms with Gasteiger partial charge in [-0.15, -0.1) is 0 Å². The van der Waals surface area contributed by atoms with Crippen molar-refractivity contribution in [1.29, 1.82) is 0 Å². The zero-order chi connectivity index (χ0) is 13.0. The predicted molar refractivity (Wildman–Crippen MR) is 62.4 cm³/mol. The van der Waals surface area contributed by atoms with Crippen LogP contribution in [0, 0.1) is 0 Å². The normalized spacial score (nSPS) is 19.5. The highest BCUT2D eigenvalue weighted by Crippen LogP contribution is 2.36. The van der Waals surface area contributed by atoms with Gasteiger partial charge in [-0.3, -0.25) is 9.59 Å². The summed E-state index contributed by atoms with van der Waals surface area (Å²) in [5, 5.41) is -0.964. The van der Waals surface area contributed by atoms with E-state index in [1.807, 2.05) is 0 Å². The van der Waals surface area contributed by atoms with Gasteiger partial charge >= 0.3 is 11.9 Å². The summed E-state index contributed by atoms with van der Waals surface area (Å²) in [5.74, 6) is -1.55. The summed E-state index contributed by atoms with van der Waals surface area (Å²) in [4.78, 5) is 35.0. The van der Waals surface area contributed by atoms with Crippen molar-refractivity contribution in [2.45, 2.75) is 26.0 Å². The van der Waals surface area contributed by atoms with Gasteiger partial charge in [0.15, 0.2) is 11.0 Å². The van der Waals surface area contributed by atoms with Crippen LogP contribution in [0.1, 0.15) is 20.8 Å². The van der Waals surface area contributed by atoms with E-state index in [4.69, 9.17) is 9.47 Å². The van der Waals surface area contributed by atoms with Gasteiger partial charge in [0, 0.05) is 5.57 Å². The van der Waals surface area contributed by atoms with Gasteiger partial charge < -0.3 is 9.47 Å². The Labute approximate surface area is 104 Å². The summed E-state index contributed by atoms with van der Waals surface area (Å²) in [6.45, 7) is 5.29. The van der Waals surface area contributed by atoms with Gasteiger partial charge in [0.05, 0.1) is 13.2 Å². The van der Waals surface area contributed by atoms with Crippen LogP contribution in [0.2, 0.25) is 0 Å². The predicted octanol–water partition coefficient (Wildman–Crippen LogP) is 1.07. The largest absolute Gasteiger partial charge is 0.465 e. The lowest BCUT2D eigenvalue weighted by atomic mass is 10.1. The van der Waals surface area contributed by atoms with Gasteiger partial charge in [0.2, 0.25) is 0 Å². The number of rotatable bonds is 4. The van der Waals surface area contributed by atoms with E-state index in [1.165, 1.54) is 6.92 Å². The van der Waals surface area contributed by atoms with Crippen molar-refractivity contribution in [2.75, 3.05) is 13.2 Å². The smallest absolute Gasteiger partial charge is 0.345 e. The molecule has 0 aromatic rings. The van der Waals surface area contributed by atoms with Crippen LogP contribution in [0.5, 0.6) is 0 Å². The highest BCUT2D eigenvalue weighted by Gasteiger charge is 2.40. The van der Waals surface area contributed by atoms with Crippen molar-refractivity contribution < 1.29 is 23.9 Å². The van der Waals surface area contributed by atoms with Crippen LogP contribution in [0.4, 0.5) is 0 Å². The van der Waals surface area contributed by atoms with Crippen LogP contribution in [0.15, 0.2) is 10.5 Å². The van der Waals surface area contributed by atoms with Crippen molar-refractivity contribution in [3.8, 4) is 0 Å². The fourth-order valence-electron chi connectivity index (χ4n) is 1.34. The molecule has 0 bridgehead atoms. The molecule has 0 amide bonds. The molecule has 6 heteroatoms. The van der Waals surface area contributed by atoms with Crippen LogP contribution in [0.25, 0.3) is 0 Å². The Hall–Kier alpha value is -1.30. The molecule has 0 saturated carbocycles. The van der Waals surface area contributed by atoms with Crippen LogP contribution in [-0.2, 0) is 23.9 Å². The number of carbonyl (C=O) groups excluding carboxylic acids is 3. The molecule has 94 valence electrons. The fraction of sp³-hybridized carbons (Fsp3) is 0.545. The monoisotopic (exact) mass is 258 g/mol. The van der Waals surface area contributed by atoms with Gasteiger partial charge in [0.1, 0.15) is 4.91 Å². The first-order valence-electron chi connectivity index (χ1n) is 5.28. The first-order valence-corrected chi connectivity index (χ1v) is 6.16. The Bertz CT molecular complexity index is 385. The summed E-state index contributed by atoms with van der Waals surface area (Å²) in [7, 11) is 0. The van der Waals surface area contributed by atoms with E-state index in [2.05, 4.69) is 0 Å². The van der Waals surface area contributed by atoms with Gasteiger partial charge in [0.25, 0.3) is 0 Å². The molecule has 17 heavy (non-hydrogen) atoms. The lowest BCUT2D eigenvalue weighted by Gasteiger charge is -2.07. The summed E-state index contributed by atoms with van der Waals surface area (Å²) >= 11 is 0.904. The summed E-state index contributed by atoms with van der Waals surface area (Å²) in [6.07, 6.45) is 0. The van der Waals surface area contributed by atoms with E-state index in [0.717, 1.165) is 11.8 Å². The quantitative estimate of drug-likeness (QED) is 0.555. The topological polar surface area (TPSA) is 69.7 Å². The molecule has 1 unspecified atom stereocenters. The minimum atomic E-state index is -0.964. The molecular formula is C11H14O5S. The van der Waals surface area contributed by atoms with E-state index < -0.39 is 17.2 Å². The second-order valence-electron chi connectivity index (χ2n) is 3.29. The molecule has 1 heterocycles. The first kappa shape index (κ1) is 13.8. The minimum Gasteiger partial charge on any atom is -0.465 e. The molecule has 1 aliphatic rings. The van der Waals surface area contributed by atoms with Crippen LogP contribution >= 0.6 is 11.8 Å². The molecule has 0 spiro atoms. The zero-order valence-electron chi connectivity index (χ0n) is 9.94. The third kappa shape index (κ3) is 2.88. The molecule has 5 nitrogen and oxygen atoms in total. The van der Waals surface area contributed by atoms with E-state index in [9.17, 15) is 14.4 Å². The van der Waals surface area contributed by atoms with Gasteiger partial charge in [-0.25, -0.2) is 4.79 Å². The summed E-state index contributed by atoms with van der Waals surface area (Å²) in [5.41, 5.74) is 0.270. The molecule has 0 N–H and O–H groups in total. The van der Waals surface area contributed by atoms with E-state index >= 15 is 0 Å². The number of Topliss-reactive ketones (excluding diaryl/α,β-unsaturated/α-hetero) is 1. The Balaban J connectivity index is 2.81. The van der Waals surface area contributed by atoms with Crippen LogP contribution in [-0.4, -0.2) is 36.2 Å². The number of thioether (sulfide) groups is 1. The molecular weight excluding hydrogens is 244 g/mol. The van der Waals surface area contributed by atoms with Gasteiger partial charge in [-0.1, -0.05) is 11.8 Å². The SMILES string of the molecule is CCOC(=O)C1=C(C)C(=O)C(C(=O)OCC)S1. The number of ether oxygens (including phenoxy) is 2. The van der Waals surface area contributed by atoms with Crippen molar-refractivity contribution in [3.63, 3.8) is 0 Å². The molecule has 0 aromatic heterocycles. The first-order chi connectivity index (χ1) is 8.02. The third-order valence-corrected chi connectivity index (χ3v) is 3.50. The average molecular weight is 258 g/mol. The van der Waals surface area contributed by atoms with Crippen molar-refractivity contribution >= 4 is 29.5 Å². The average Bonchev–Trinajstić information content (AvgIpc) is 2.57. The summed E-state index contributed by atoms with van der Waals surface area (Å²) in [6, 6.07) is 0. The van der Waals surface area contributed by atoms with E-state index in [-0.39, 0.29) is 29.5 Å². The number of hydrogen-bond acceptors (Lipinski definition) is 6. The Morgan fingerprint density at radius 2 is 1.82 bits per heavy atom. The summed E-state index contributed by atoms with van der Waals surface area (Å²) < 4.78 is 9.58. The van der Waals surface area contributed by atoms with Crippen molar-refractivity contribution in [2.24, 2.45) is 0 Å². The molecule has 1 aliphatic heterocycles. The fourth-order valence-corrected chi connectivity index (χ4v) is 2.46. The third-order valence-electron chi connectivity index (χ3n) is 2.15. The lowest BCUT2D eigenvalue weighted by Crippen LogP contribution is -2.26. The van der Waals surface area contributed by atoms with Crippen LogP contribution < -0.4 is 0 Å². The second-order valence-corrected chi connectivity index (χ2v) is 4.40. The van der Waals surface area contributed by atoms with Gasteiger partial charge in [-0.2, -0.15) is 0 Å². The molecule has 0 fully saturated rings. The maximum atomic E-state index is 11.8. The van der Waals surface area contributed by atoms with Crippen LogP contribution in [0.3, 0.4) is 0 Å². The maximum Gasteiger partial charge on any atom is 0.345 e. The Morgan fingerprint density at radius 1 is 1.24 bits per heavy atom.